The van der Waals surface area contributed by atoms with Crippen molar-refractivity contribution in [2.24, 2.45) is 0 Å². The summed E-state index contributed by atoms with van der Waals surface area (Å²) in [6, 6.07) is 0. The molecule has 0 spiro atoms. The Morgan fingerprint density at radius 3 is 2.69 bits per heavy atom. The largest absolute Gasteiger partial charge is 0.397 e. The van der Waals surface area contributed by atoms with E-state index in [1.165, 1.54) is 0 Å². The van der Waals surface area contributed by atoms with E-state index in [9.17, 15) is 0 Å². The maximum Gasteiger partial charge on any atom is 0.151 e. The number of nitrogens with zero attached hydrogens (tertiary/aromatic N) is 1. The molecule has 0 fully saturated rings. The van der Waals surface area contributed by atoms with E-state index >= 15 is 0 Å². The number of pyridine rings is 1. The molecule has 0 saturated carbocycles. The third-order valence-corrected chi connectivity index (χ3v) is 2.31. The Morgan fingerprint density at radius 2 is 1.92 bits per heavy atom. The highest BCUT2D eigenvalue weighted by Gasteiger charge is 2.16. The summed E-state index contributed by atoms with van der Waals surface area (Å²) in [7, 11) is 0. The van der Waals surface area contributed by atoms with Crippen molar-refractivity contribution in [3.63, 3.8) is 0 Å². The lowest BCUT2D eigenvalue weighted by molar-refractivity contribution is 0.821. The van der Waals surface area contributed by atoms with Gasteiger partial charge in [-0.05, 0) is 12.8 Å². The van der Waals surface area contributed by atoms with Gasteiger partial charge in [-0.3, -0.25) is 0 Å². The summed E-state index contributed by atoms with van der Waals surface area (Å²) in [5.74, 6) is 1.10. The Labute approximate surface area is 76.3 Å². The van der Waals surface area contributed by atoms with Crippen LogP contribution in [0.1, 0.15) is 12.0 Å². The molecule has 13 heavy (non-hydrogen) atoms. The summed E-state index contributed by atoms with van der Waals surface area (Å²) in [4.78, 5) is 4.14. The van der Waals surface area contributed by atoms with Crippen molar-refractivity contribution in [3.8, 4) is 0 Å². The average molecular weight is 179 g/mol. The number of rotatable bonds is 0. The second-order valence-corrected chi connectivity index (χ2v) is 3.18. The number of hydrogen-bond acceptors (Lipinski definition) is 5. The average Bonchev–Trinajstić information content (AvgIpc) is 2.15. The van der Waals surface area contributed by atoms with Crippen LogP contribution in [-0.2, 0) is 6.42 Å². The lowest BCUT2D eigenvalue weighted by atomic mass is 10.0. The van der Waals surface area contributed by atoms with Crippen molar-refractivity contribution >= 4 is 23.0 Å². The van der Waals surface area contributed by atoms with Crippen LogP contribution in [0.15, 0.2) is 0 Å². The molecule has 2 rings (SSSR count). The molecule has 0 amide bonds. The Kier molecular flexibility index (Phi) is 1.65. The van der Waals surface area contributed by atoms with Crippen LogP contribution < -0.4 is 22.5 Å². The van der Waals surface area contributed by atoms with Crippen LogP contribution in [0.4, 0.5) is 23.0 Å². The quantitative estimate of drug-likeness (QED) is 0.455. The summed E-state index contributed by atoms with van der Waals surface area (Å²) >= 11 is 0. The van der Waals surface area contributed by atoms with Gasteiger partial charge in [0.2, 0.25) is 0 Å². The van der Waals surface area contributed by atoms with Gasteiger partial charge in [0.1, 0.15) is 5.82 Å². The molecule has 5 heteroatoms. The molecule has 0 unspecified atom stereocenters. The highest BCUT2D eigenvalue weighted by molar-refractivity contribution is 5.81. The van der Waals surface area contributed by atoms with Crippen molar-refractivity contribution in [2.75, 3.05) is 29.1 Å². The maximum atomic E-state index is 5.82. The van der Waals surface area contributed by atoms with Gasteiger partial charge < -0.3 is 22.5 Å². The van der Waals surface area contributed by atoms with Crippen LogP contribution >= 0.6 is 0 Å². The summed E-state index contributed by atoms with van der Waals surface area (Å²) in [5.41, 5.74) is 19.1. The first kappa shape index (κ1) is 7.97. The lowest BCUT2D eigenvalue weighted by Gasteiger charge is -2.20. The van der Waals surface area contributed by atoms with E-state index in [1.54, 1.807) is 0 Å². The van der Waals surface area contributed by atoms with Gasteiger partial charge in [-0.2, -0.15) is 0 Å². The first-order valence-corrected chi connectivity index (χ1v) is 4.27. The van der Waals surface area contributed by atoms with E-state index in [0.717, 1.165) is 30.8 Å². The second-order valence-electron chi connectivity index (χ2n) is 3.18. The molecule has 2 heterocycles. The van der Waals surface area contributed by atoms with Crippen molar-refractivity contribution in [2.45, 2.75) is 12.8 Å². The third-order valence-electron chi connectivity index (χ3n) is 2.31. The molecule has 0 aromatic carbocycles. The molecule has 0 atom stereocenters. The molecule has 1 aliphatic rings. The van der Waals surface area contributed by atoms with Gasteiger partial charge >= 0.3 is 0 Å². The van der Waals surface area contributed by atoms with E-state index < -0.39 is 0 Å². The third kappa shape index (κ3) is 1.12. The summed E-state index contributed by atoms with van der Waals surface area (Å²) < 4.78 is 0. The van der Waals surface area contributed by atoms with Crippen molar-refractivity contribution in [1.29, 1.82) is 0 Å². The van der Waals surface area contributed by atoms with Crippen LogP contribution in [0.5, 0.6) is 0 Å². The fraction of sp³-hybridized carbons (Fsp3) is 0.375. The minimum absolute atomic E-state index is 0.311. The Balaban J connectivity index is 2.60. The first-order chi connectivity index (χ1) is 6.20. The Morgan fingerprint density at radius 1 is 1.15 bits per heavy atom. The van der Waals surface area contributed by atoms with Crippen molar-refractivity contribution in [3.05, 3.63) is 5.56 Å². The number of nitrogen functional groups attached to an aromatic ring is 3. The molecule has 1 aliphatic heterocycles. The molecular weight excluding hydrogens is 166 g/mol. The number of aromatic nitrogens is 1. The zero-order chi connectivity index (χ0) is 9.42. The molecule has 0 bridgehead atoms. The Bertz CT molecular complexity index is 347. The first-order valence-electron chi connectivity index (χ1n) is 4.27. The summed E-state index contributed by atoms with van der Waals surface area (Å²) in [6.07, 6.45) is 1.98. The smallest absolute Gasteiger partial charge is 0.151 e. The second kappa shape index (κ2) is 2.69. The van der Waals surface area contributed by atoms with Crippen LogP contribution in [-0.4, -0.2) is 11.5 Å². The Hall–Kier alpha value is -1.65. The number of nitrogens with one attached hydrogen (secondary N) is 1. The highest BCUT2D eigenvalue weighted by atomic mass is 15.0. The fourth-order valence-corrected chi connectivity index (χ4v) is 1.55. The number of nitrogens with two attached hydrogens (primary N) is 3. The summed E-state index contributed by atoms with van der Waals surface area (Å²) in [6.45, 7) is 0.919. The number of anilines is 4. The number of hydrogen-bond donors (Lipinski definition) is 4. The van der Waals surface area contributed by atoms with E-state index in [2.05, 4.69) is 10.3 Å². The molecule has 1 aromatic heterocycles. The van der Waals surface area contributed by atoms with E-state index in [4.69, 9.17) is 17.2 Å². The monoisotopic (exact) mass is 179 g/mol. The van der Waals surface area contributed by atoms with Crippen LogP contribution in [0.25, 0.3) is 0 Å². The standard InChI is InChI=1S/C8H13N5/c9-5-4-2-1-3-12-8(4)13-7(11)6(5)10/h1-3,10H2,(H5,9,11,12,13). The highest BCUT2D eigenvalue weighted by Crippen LogP contribution is 2.32. The van der Waals surface area contributed by atoms with Gasteiger partial charge in [0.15, 0.2) is 5.82 Å². The van der Waals surface area contributed by atoms with Gasteiger partial charge in [-0.1, -0.05) is 0 Å². The van der Waals surface area contributed by atoms with E-state index in [-0.39, 0.29) is 0 Å². The lowest BCUT2D eigenvalue weighted by Crippen LogP contribution is -2.17. The minimum Gasteiger partial charge on any atom is -0.397 e. The minimum atomic E-state index is 0.311. The van der Waals surface area contributed by atoms with Crippen LogP contribution in [0.3, 0.4) is 0 Å². The fourth-order valence-electron chi connectivity index (χ4n) is 1.55. The van der Waals surface area contributed by atoms with Gasteiger partial charge in [0.25, 0.3) is 0 Å². The van der Waals surface area contributed by atoms with E-state index in [1.807, 2.05) is 0 Å². The van der Waals surface area contributed by atoms with Crippen molar-refractivity contribution < 1.29 is 0 Å². The maximum absolute atomic E-state index is 5.82. The zero-order valence-corrected chi connectivity index (χ0v) is 7.30. The SMILES string of the molecule is Nc1nc2c(c(N)c1N)CCCN2. The van der Waals surface area contributed by atoms with Crippen LogP contribution in [0, 0.1) is 0 Å². The molecule has 1 aromatic rings. The van der Waals surface area contributed by atoms with Crippen molar-refractivity contribution in [1.82, 2.24) is 4.98 Å². The molecule has 0 saturated heterocycles. The molecular formula is C8H13N5. The zero-order valence-electron chi connectivity index (χ0n) is 7.30. The molecule has 0 radical (unpaired) electrons. The van der Waals surface area contributed by atoms with Gasteiger partial charge in [0, 0.05) is 12.1 Å². The topological polar surface area (TPSA) is 103 Å². The number of fused-ring (bicyclic) bond motifs is 1. The van der Waals surface area contributed by atoms with Crippen LogP contribution in [0.2, 0.25) is 0 Å². The van der Waals surface area contributed by atoms with Gasteiger partial charge in [0.05, 0.1) is 11.4 Å². The summed E-state index contributed by atoms with van der Waals surface area (Å²) in [5, 5.41) is 3.14. The van der Waals surface area contributed by atoms with Gasteiger partial charge in [-0.15, -0.1) is 0 Å². The molecule has 70 valence electrons. The molecule has 7 N–H and O–H groups in total. The molecule has 5 nitrogen and oxygen atoms in total. The predicted octanol–water partition coefficient (Wildman–Crippen LogP) is 0.186. The van der Waals surface area contributed by atoms with E-state index in [0.29, 0.717) is 17.2 Å². The molecule has 0 aliphatic carbocycles. The normalized spacial score (nSPS) is 14.8. The predicted molar refractivity (Wildman–Crippen MR) is 54.3 cm³/mol. The van der Waals surface area contributed by atoms with Gasteiger partial charge in [-0.25, -0.2) is 4.98 Å².